The number of aryl methyl sites for hydroxylation is 2. The maximum absolute atomic E-state index is 13.2. The molecule has 0 unspecified atom stereocenters. The summed E-state index contributed by atoms with van der Waals surface area (Å²) in [5, 5.41) is 6.37. The molecule has 1 saturated carbocycles. The average Bonchev–Trinajstić information content (AvgIpc) is 3.44. The summed E-state index contributed by atoms with van der Waals surface area (Å²) in [7, 11) is 0. The molecule has 3 heterocycles. The van der Waals surface area contributed by atoms with E-state index in [1.54, 1.807) is 0 Å². The monoisotopic (exact) mass is 490 g/mol. The van der Waals surface area contributed by atoms with E-state index >= 15 is 0 Å². The molecule has 6 nitrogen and oxygen atoms in total. The molecule has 2 saturated heterocycles. The lowest BCUT2D eigenvalue weighted by molar-refractivity contribution is -0.170. The van der Waals surface area contributed by atoms with Crippen LogP contribution in [-0.2, 0) is 11.3 Å². The van der Waals surface area contributed by atoms with Crippen molar-refractivity contribution in [3.05, 3.63) is 35.5 Å². The van der Waals surface area contributed by atoms with E-state index in [0.29, 0.717) is 18.0 Å². The normalized spacial score (nSPS) is 25.6. The number of hydrogen-bond donors (Lipinski definition) is 2. The number of fused-ring (bicyclic) bond motifs is 3. The van der Waals surface area contributed by atoms with E-state index in [9.17, 15) is 22.8 Å². The Bertz CT molecular complexity index is 1120. The van der Waals surface area contributed by atoms with Crippen molar-refractivity contribution in [2.45, 2.75) is 82.7 Å². The summed E-state index contributed by atoms with van der Waals surface area (Å²) < 4.78 is 41.7. The Balaban J connectivity index is 1.18. The number of nitrogens with one attached hydrogen (secondary N) is 2. The van der Waals surface area contributed by atoms with E-state index in [1.165, 1.54) is 0 Å². The maximum atomic E-state index is 13.2. The highest BCUT2D eigenvalue weighted by atomic mass is 19.4. The molecule has 190 valence electrons. The van der Waals surface area contributed by atoms with E-state index in [1.807, 2.05) is 31.3 Å². The van der Waals surface area contributed by atoms with Crippen LogP contribution < -0.4 is 10.6 Å². The van der Waals surface area contributed by atoms with E-state index in [4.69, 9.17) is 0 Å². The number of halogens is 3. The first-order chi connectivity index (χ1) is 16.6. The van der Waals surface area contributed by atoms with Crippen molar-refractivity contribution in [2.75, 3.05) is 13.1 Å². The molecule has 1 aliphatic carbocycles. The Morgan fingerprint density at radius 3 is 2.43 bits per heavy atom. The number of aromatic nitrogens is 1. The number of carbonyl (C=O) groups is 2. The van der Waals surface area contributed by atoms with Gasteiger partial charge in [-0.25, -0.2) is 0 Å². The third-order valence-corrected chi connectivity index (χ3v) is 8.23. The van der Waals surface area contributed by atoms with Gasteiger partial charge in [0, 0.05) is 42.3 Å². The van der Waals surface area contributed by atoms with Crippen LogP contribution >= 0.6 is 0 Å². The first-order valence-electron chi connectivity index (χ1n) is 12.6. The number of alkyl halides is 3. The van der Waals surface area contributed by atoms with Gasteiger partial charge in [-0.1, -0.05) is 12.1 Å². The molecule has 2 aliphatic heterocycles. The highest BCUT2D eigenvalue weighted by Crippen LogP contribution is 2.49. The second-order valence-electron chi connectivity index (χ2n) is 10.5. The second kappa shape index (κ2) is 8.84. The Labute approximate surface area is 203 Å². The number of carbonyl (C=O) groups excluding carboxylic acids is 2. The predicted molar refractivity (Wildman–Crippen MR) is 127 cm³/mol. The minimum absolute atomic E-state index is 0.0159. The molecule has 3 fully saturated rings. The molecule has 0 radical (unpaired) electrons. The molecule has 2 N–H and O–H groups in total. The van der Waals surface area contributed by atoms with Gasteiger partial charge in [0.25, 0.3) is 5.91 Å². The summed E-state index contributed by atoms with van der Waals surface area (Å²) in [6.07, 6.45) is 1.02. The van der Waals surface area contributed by atoms with Gasteiger partial charge in [0.1, 0.15) is 5.54 Å². The minimum atomic E-state index is -4.39. The van der Waals surface area contributed by atoms with Gasteiger partial charge in [-0.3, -0.25) is 14.5 Å². The zero-order chi connectivity index (χ0) is 25.0. The molecular weight excluding hydrogens is 457 g/mol. The first-order valence-corrected chi connectivity index (χ1v) is 12.6. The van der Waals surface area contributed by atoms with Crippen LogP contribution in [0.1, 0.15) is 61.4 Å². The largest absolute Gasteiger partial charge is 0.411 e. The van der Waals surface area contributed by atoms with E-state index in [-0.39, 0.29) is 37.4 Å². The number of amides is 2. The van der Waals surface area contributed by atoms with Gasteiger partial charge >= 0.3 is 6.18 Å². The second-order valence-corrected chi connectivity index (χ2v) is 10.5. The van der Waals surface area contributed by atoms with Gasteiger partial charge in [0.2, 0.25) is 5.91 Å². The van der Waals surface area contributed by atoms with Crippen molar-refractivity contribution < 1.29 is 22.8 Å². The number of piperidine rings is 1. The Morgan fingerprint density at radius 2 is 1.83 bits per heavy atom. The predicted octanol–water partition coefficient (Wildman–Crippen LogP) is 4.15. The standard InChI is InChI=1S/C26H33F3N4O2/c1-3-32-14-20(23-16(2)5-4-6-21(23)32)24(35)30-13-17-11-18-7-8-19(12-17)33(18)15-22(34)31-25(9-10-25)26(27,28)29/h4-6,14,17-19H,3,7-13,15H2,1-2H3,(H,30,35)(H,31,34)/t17-,18-,19+. The lowest BCUT2D eigenvalue weighted by Gasteiger charge is -2.38. The van der Waals surface area contributed by atoms with E-state index < -0.39 is 17.6 Å². The fourth-order valence-electron chi connectivity index (χ4n) is 6.19. The van der Waals surface area contributed by atoms with Crippen LogP contribution in [0.25, 0.3) is 10.9 Å². The fraction of sp³-hybridized carbons (Fsp3) is 0.615. The number of hydrogen-bond acceptors (Lipinski definition) is 3. The first kappa shape index (κ1) is 24.2. The summed E-state index contributed by atoms with van der Waals surface area (Å²) in [6.45, 7) is 5.44. The Morgan fingerprint density at radius 1 is 1.14 bits per heavy atom. The van der Waals surface area contributed by atoms with Gasteiger partial charge in [0.15, 0.2) is 0 Å². The lowest BCUT2D eigenvalue weighted by atomic mass is 9.90. The number of nitrogens with zero attached hydrogens (tertiary/aromatic N) is 2. The van der Waals surface area contributed by atoms with Gasteiger partial charge < -0.3 is 15.2 Å². The molecule has 2 bridgehead atoms. The van der Waals surface area contributed by atoms with Crippen molar-refractivity contribution in [3.63, 3.8) is 0 Å². The fourth-order valence-corrected chi connectivity index (χ4v) is 6.19. The molecule has 1 aromatic heterocycles. The summed E-state index contributed by atoms with van der Waals surface area (Å²) >= 11 is 0. The van der Waals surface area contributed by atoms with Crippen LogP contribution in [0.4, 0.5) is 13.2 Å². The van der Waals surface area contributed by atoms with Gasteiger partial charge in [0.05, 0.1) is 12.1 Å². The van der Waals surface area contributed by atoms with Crippen LogP contribution in [0.15, 0.2) is 24.4 Å². The van der Waals surface area contributed by atoms with Gasteiger partial charge in [-0.2, -0.15) is 13.2 Å². The molecule has 3 aliphatic rings. The van der Waals surface area contributed by atoms with Gasteiger partial charge in [-0.05, 0) is 69.9 Å². The number of rotatable bonds is 7. The third kappa shape index (κ3) is 4.43. The molecule has 3 atom stereocenters. The van der Waals surface area contributed by atoms with Crippen molar-refractivity contribution >= 4 is 22.7 Å². The van der Waals surface area contributed by atoms with Crippen molar-refractivity contribution in [2.24, 2.45) is 5.92 Å². The van der Waals surface area contributed by atoms with Crippen LogP contribution in [0.3, 0.4) is 0 Å². The quantitative estimate of drug-likeness (QED) is 0.613. The summed E-state index contributed by atoms with van der Waals surface area (Å²) in [5.41, 5.74) is 0.810. The topological polar surface area (TPSA) is 66.4 Å². The maximum Gasteiger partial charge on any atom is 0.411 e. The van der Waals surface area contributed by atoms with E-state index in [2.05, 4.69) is 27.0 Å². The van der Waals surface area contributed by atoms with Crippen molar-refractivity contribution in [1.82, 2.24) is 20.1 Å². The van der Waals surface area contributed by atoms with Crippen molar-refractivity contribution in [1.29, 1.82) is 0 Å². The zero-order valence-electron chi connectivity index (χ0n) is 20.3. The lowest BCUT2D eigenvalue weighted by Crippen LogP contribution is -2.54. The molecule has 5 rings (SSSR count). The molecule has 35 heavy (non-hydrogen) atoms. The Hall–Kier alpha value is -2.55. The molecule has 0 spiro atoms. The SMILES string of the molecule is CCn1cc(C(=O)NC[C@@H]2C[C@H]3CC[C@@H](C2)N3CC(=O)NC2(C(F)(F)F)CC2)c2c(C)cccc21. The summed E-state index contributed by atoms with van der Waals surface area (Å²) in [6, 6.07) is 6.40. The summed E-state index contributed by atoms with van der Waals surface area (Å²) in [5.74, 6) is -0.319. The molecule has 2 amide bonds. The van der Waals surface area contributed by atoms with Crippen LogP contribution in [-0.4, -0.2) is 58.2 Å². The molecule has 9 heteroatoms. The molecular formula is C26H33F3N4O2. The average molecular weight is 491 g/mol. The van der Waals surface area contributed by atoms with Crippen molar-refractivity contribution in [3.8, 4) is 0 Å². The zero-order valence-corrected chi connectivity index (χ0v) is 20.3. The minimum Gasteiger partial charge on any atom is -0.352 e. The van der Waals surface area contributed by atoms with Crippen LogP contribution in [0.2, 0.25) is 0 Å². The highest BCUT2D eigenvalue weighted by molar-refractivity contribution is 6.08. The Kier molecular flexibility index (Phi) is 6.10. The van der Waals surface area contributed by atoms with Gasteiger partial charge in [-0.15, -0.1) is 0 Å². The molecule has 2 aromatic rings. The smallest absolute Gasteiger partial charge is 0.352 e. The molecule has 1 aromatic carbocycles. The van der Waals surface area contributed by atoms with Crippen LogP contribution in [0.5, 0.6) is 0 Å². The number of benzene rings is 1. The van der Waals surface area contributed by atoms with Crippen LogP contribution in [0, 0.1) is 12.8 Å². The third-order valence-electron chi connectivity index (χ3n) is 8.23. The van der Waals surface area contributed by atoms with E-state index in [0.717, 1.165) is 48.7 Å². The highest BCUT2D eigenvalue weighted by Gasteiger charge is 2.64. The summed E-state index contributed by atoms with van der Waals surface area (Å²) in [4.78, 5) is 27.6.